The lowest BCUT2D eigenvalue weighted by Crippen LogP contribution is -3.00. The minimum atomic E-state index is -0.593. The van der Waals surface area contributed by atoms with Gasteiger partial charge in [0.2, 0.25) is 0 Å². The maximum atomic E-state index is 11.7. The quantitative estimate of drug-likeness (QED) is 0.790. The summed E-state index contributed by atoms with van der Waals surface area (Å²) in [6, 6.07) is 9.11. The molecule has 0 unspecified atom stereocenters. The predicted octanol–water partition coefficient (Wildman–Crippen LogP) is 0.780. The van der Waals surface area contributed by atoms with Gasteiger partial charge in [0.05, 0.1) is 20.3 Å². The molecule has 4 nitrogen and oxygen atoms in total. The smallest absolute Gasteiger partial charge is 0.354 e. The van der Waals surface area contributed by atoms with Gasteiger partial charge < -0.3 is 9.32 Å². The first-order valence-corrected chi connectivity index (χ1v) is 5.57. The first-order chi connectivity index (χ1) is 8.63. The average Bonchev–Trinajstić information content (AvgIpc) is 2.35. The molecule has 0 bridgehead atoms. The second-order valence-corrected chi connectivity index (χ2v) is 4.20. The maximum absolute atomic E-state index is 11.7. The molecule has 0 spiro atoms. The number of fused-ring (bicyclic) bond motifs is 1. The molecule has 2 aromatic rings. The van der Waals surface area contributed by atoms with E-state index in [0.29, 0.717) is 11.1 Å². The number of quaternary nitrogens is 1. The molecule has 2 rings (SSSR count). The number of hydrogen-bond acceptors (Lipinski definition) is 3. The highest BCUT2D eigenvalue weighted by molar-refractivity contribution is 5.88. The van der Waals surface area contributed by atoms with Crippen molar-refractivity contribution < 1.29 is 9.32 Å². The van der Waals surface area contributed by atoms with Gasteiger partial charge in [-0.05, 0) is 6.07 Å². The Hall–Kier alpha value is -2.38. The van der Waals surface area contributed by atoms with Crippen LogP contribution in [-0.4, -0.2) is 14.1 Å². The van der Waals surface area contributed by atoms with Crippen molar-refractivity contribution in [2.45, 2.75) is 0 Å². The second kappa shape index (κ2) is 4.86. The number of nitrogens with one attached hydrogen (secondary N) is 1. The summed E-state index contributed by atoms with van der Waals surface area (Å²) in [7, 11) is 3.91. The minimum absolute atomic E-state index is 0.0474. The highest BCUT2D eigenvalue weighted by atomic mass is 16.4. The van der Waals surface area contributed by atoms with Crippen LogP contribution < -0.4 is 10.5 Å². The minimum Gasteiger partial charge on any atom is -0.422 e. The van der Waals surface area contributed by atoms with Crippen molar-refractivity contribution in [2.24, 2.45) is 0 Å². The topological polar surface area (TPSA) is 58.4 Å². The van der Waals surface area contributed by atoms with Gasteiger partial charge in [0.1, 0.15) is 17.2 Å². The number of nitriles is 1. The molecule has 4 heteroatoms. The summed E-state index contributed by atoms with van der Waals surface area (Å²) in [4.78, 5) is 12.8. The largest absolute Gasteiger partial charge is 0.422 e. The summed E-state index contributed by atoms with van der Waals surface area (Å²) in [6.07, 6.45) is 3.66. The molecule has 0 aliphatic rings. The van der Waals surface area contributed by atoms with Crippen LogP contribution >= 0.6 is 0 Å². The van der Waals surface area contributed by atoms with Crippen molar-refractivity contribution in [1.82, 2.24) is 0 Å². The molecule has 1 N–H and O–H groups in total. The van der Waals surface area contributed by atoms with E-state index in [1.807, 2.05) is 38.5 Å². The molecule has 0 aliphatic carbocycles. The molecular formula is C14H13N2O2+. The van der Waals surface area contributed by atoms with Crippen LogP contribution in [0.5, 0.6) is 0 Å². The molecule has 0 amide bonds. The summed E-state index contributed by atoms with van der Waals surface area (Å²) < 4.78 is 5.11. The molecule has 0 radical (unpaired) electrons. The van der Waals surface area contributed by atoms with Gasteiger partial charge >= 0.3 is 5.63 Å². The van der Waals surface area contributed by atoms with Crippen molar-refractivity contribution in [3.63, 3.8) is 0 Å². The summed E-state index contributed by atoms with van der Waals surface area (Å²) >= 11 is 0. The van der Waals surface area contributed by atoms with Crippen molar-refractivity contribution >= 4 is 17.0 Å². The summed E-state index contributed by atoms with van der Waals surface area (Å²) in [5.41, 5.74) is 0.566. The van der Waals surface area contributed by atoms with Gasteiger partial charge in [-0.15, -0.1) is 0 Å². The van der Waals surface area contributed by atoms with Crippen molar-refractivity contribution in [1.29, 1.82) is 5.26 Å². The third-order valence-corrected chi connectivity index (χ3v) is 2.55. The molecule has 0 fully saturated rings. The van der Waals surface area contributed by atoms with Gasteiger partial charge in [-0.25, -0.2) is 4.79 Å². The van der Waals surface area contributed by atoms with Crippen molar-refractivity contribution in [2.75, 3.05) is 14.1 Å². The highest BCUT2D eigenvalue weighted by Gasteiger charge is 2.12. The van der Waals surface area contributed by atoms with E-state index in [-0.39, 0.29) is 5.56 Å². The van der Waals surface area contributed by atoms with Crippen LogP contribution in [0.1, 0.15) is 11.1 Å². The average molecular weight is 241 g/mol. The Bertz CT molecular complexity index is 706. The van der Waals surface area contributed by atoms with E-state index in [2.05, 4.69) is 0 Å². The lowest BCUT2D eigenvalue weighted by Gasteiger charge is -2.03. The van der Waals surface area contributed by atoms with E-state index < -0.39 is 5.63 Å². The Labute approximate surface area is 104 Å². The standard InChI is InChI=1S/C14H12N2O2/c1-16(2)8-7-10-11-5-3-4-6-13(11)18-14(17)12(10)9-15/h3-8H,1-2H3/p+1/b8-7+. The molecule has 0 atom stereocenters. The molecule has 0 aliphatic heterocycles. The molecular weight excluding hydrogens is 228 g/mol. The predicted molar refractivity (Wildman–Crippen MR) is 69.0 cm³/mol. The van der Waals surface area contributed by atoms with E-state index in [4.69, 9.17) is 9.68 Å². The molecule has 1 heterocycles. The van der Waals surface area contributed by atoms with Crippen molar-refractivity contribution in [3.05, 3.63) is 52.0 Å². The van der Waals surface area contributed by atoms with E-state index in [0.717, 1.165) is 10.3 Å². The van der Waals surface area contributed by atoms with Crippen LogP contribution in [-0.2, 0) is 0 Å². The van der Waals surface area contributed by atoms with Gasteiger partial charge in [0.25, 0.3) is 0 Å². The summed E-state index contributed by atoms with van der Waals surface area (Å²) in [5.74, 6) is 0. The van der Waals surface area contributed by atoms with E-state index >= 15 is 0 Å². The normalized spacial score (nSPS) is 11.2. The van der Waals surface area contributed by atoms with E-state index in [1.54, 1.807) is 18.2 Å². The number of rotatable bonds is 2. The zero-order valence-corrected chi connectivity index (χ0v) is 10.2. The third-order valence-electron chi connectivity index (χ3n) is 2.55. The van der Waals surface area contributed by atoms with Crippen molar-refractivity contribution in [3.8, 4) is 6.07 Å². The lowest BCUT2D eigenvalue weighted by molar-refractivity contribution is -0.800. The molecule has 18 heavy (non-hydrogen) atoms. The van der Waals surface area contributed by atoms with E-state index in [1.165, 1.54) is 0 Å². The fraction of sp³-hybridized carbons (Fsp3) is 0.143. The highest BCUT2D eigenvalue weighted by Crippen LogP contribution is 2.20. The second-order valence-electron chi connectivity index (χ2n) is 4.20. The van der Waals surface area contributed by atoms with Gasteiger partial charge in [-0.3, -0.25) is 0 Å². The van der Waals surface area contributed by atoms with E-state index in [9.17, 15) is 4.79 Å². The molecule has 0 saturated carbocycles. The van der Waals surface area contributed by atoms with Crippen LogP contribution in [0.3, 0.4) is 0 Å². The zero-order chi connectivity index (χ0) is 13.1. The number of benzene rings is 1. The van der Waals surface area contributed by atoms with Gasteiger partial charge in [-0.1, -0.05) is 18.2 Å². The fourth-order valence-electron chi connectivity index (χ4n) is 1.70. The van der Waals surface area contributed by atoms with Crippen LogP contribution in [0.4, 0.5) is 0 Å². The lowest BCUT2D eigenvalue weighted by atomic mass is 10.1. The number of nitrogens with zero attached hydrogens (tertiary/aromatic N) is 1. The summed E-state index contributed by atoms with van der Waals surface area (Å²) in [5, 5.41) is 9.84. The Morgan fingerprint density at radius 2 is 2.06 bits per heavy atom. The molecule has 1 aromatic heterocycles. The Kier molecular flexibility index (Phi) is 3.26. The fourth-order valence-corrected chi connectivity index (χ4v) is 1.70. The zero-order valence-electron chi connectivity index (χ0n) is 10.2. The first-order valence-electron chi connectivity index (χ1n) is 5.57. The Balaban J connectivity index is 2.82. The third kappa shape index (κ3) is 2.17. The SMILES string of the molecule is C[NH+](C)/C=C/c1c(C#N)c(=O)oc2ccccc12. The van der Waals surface area contributed by atoms with Gasteiger partial charge in [0, 0.05) is 17.0 Å². The molecule has 1 aromatic carbocycles. The number of para-hydroxylation sites is 1. The van der Waals surface area contributed by atoms with Crippen LogP contribution in [0.2, 0.25) is 0 Å². The van der Waals surface area contributed by atoms with Crippen LogP contribution in [0.15, 0.2) is 39.7 Å². The summed E-state index contributed by atoms with van der Waals surface area (Å²) in [6.45, 7) is 0. The maximum Gasteiger partial charge on any atom is 0.354 e. The van der Waals surface area contributed by atoms with Gasteiger partial charge in [0.15, 0.2) is 0 Å². The van der Waals surface area contributed by atoms with Crippen LogP contribution in [0, 0.1) is 11.3 Å². The molecule has 90 valence electrons. The number of hydrogen-bond donors (Lipinski definition) is 1. The first kappa shape index (κ1) is 12.1. The Morgan fingerprint density at radius 3 is 2.72 bits per heavy atom. The van der Waals surface area contributed by atoms with Crippen LogP contribution in [0.25, 0.3) is 17.0 Å². The monoisotopic (exact) mass is 241 g/mol. The Morgan fingerprint density at radius 1 is 1.33 bits per heavy atom. The van der Waals surface area contributed by atoms with Gasteiger partial charge in [-0.2, -0.15) is 5.26 Å². The molecule has 0 saturated heterocycles.